The van der Waals surface area contributed by atoms with Crippen LogP contribution in [0.25, 0.3) is 0 Å². The number of ketones is 1. The number of nitrogens with two attached hydrogens (primary N) is 1. The molecule has 3 amide bonds. The summed E-state index contributed by atoms with van der Waals surface area (Å²) in [6.45, 7) is 16.2. The Morgan fingerprint density at radius 3 is 2.27 bits per heavy atom. The van der Waals surface area contributed by atoms with Crippen molar-refractivity contribution >= 4 is 37.8 Å². The molecule has 0 bridgehead atoms. The fourth-order valence-electron chi connectivity index (χ4n) is 5.55. The first-order valence-corrected chi connectivity index (χ1v) is 20.4. The van der Waals surface area contributed by atoms with Crippen LogP contribution in [-0.2, 0) is 34.8 Å². The highest BCUT2D eigenvalue weighted by Crippen LogP contribution is 2.37. The van der Waals surface area contributed by atoms with E-state index in [0.717, 1.165) is 12.0 Å². The van der Waals surface area contributed by atoms with Gasteiger partial charge < -0.3 is 30.8 Å². The maximum absolute atomic E-state index is 13.8. The van der Waals surface area contributed by atoms with Gasteiger partial charge in [-0.3, -0.25) is 19.2 Å². The first kappa shape index (κ1) is 41.1. The molecule has 0 spiro atoms. The molecule has 1 aliphatic rings. The number of carbonyl (C=O) groups is 5. The lowest BCUT2D eigenvalue weighted by Gasteiger charge is -2.38. The average molecular weight is 689 g/mol. The first-order valence-electron chi connectivity index (χ1n) is 17.5. The molecule has 11 nitrogen and oxygen atoms in total. The van der Waals surface area contributed by atoms with Crippen LogP contribution in [0, 0.1) is 0 Å². The Labute approximate surface area is 288 Å². The number of carbonyl (C=O) groups excluding carboxylic acids is 4. The fourth-order valence-corrected chi connectivity index (χ4v) is 6.92. The van der Waals surface area contributed by atoms with Gasteiger partial charge in [-0.2, -0.15) is 0 Å². The molecule has 0 aromatic heterocycles. The molecular formula is C36H60N4O7Si. The Morgan fingerprint density at radius 1 is 1.04 bits per heavy atom. The molecule has 0 aliphatic carbocycles. The van der Waals surface area contributed by atoms with Crippen LogP contribution in [0.1, 0.15) is 105 Å². The van der Waals surface area contributed by atoms with Gasteiger partial charge in [-0.25, -0.2) is 4.79 Å². The third-order valence-corrected chi connectivity index (χ3v) is 14.6. The maximum atomic E-state index is 13.8. The van der Waals surface area contributed by atoms with Gasteiger partial charge in [0.15, 0.2) is 14.1 Å². The fraction of sp³-hybridized carbons (Fsp3) is 0.694. The van der Waals surface area contributed by atoms with E-state index in [1.54, 1.807) is 13.8 Å². The Hall–Kier alpha value is -3.09. The summed E-state index contributed by atoms with van der Waals surface area (Å²) in [5.74, 6) is -2.47. The number of piperidine rings is 1. The largest absolute Gasteiger partial charge is 0.480 e. The summed E-state index contributed by atoms with van der Waals surface area (Å²) >= 11 is 0. The normalized spacial score (nSPS) is 18.6. The molecule has 0 radical (unpaired) electrons. The van der Waals surface area contributed by atoms with Crippen molar-refractivity contribution < 1.29 is 33.5 Å². The number of unbranched alkanes of at least 4 members (excludes halogenated alkanes) is 2. The van der Waals surface area contributed by atoms with E-state index in [0.29, 0.717) is 51.5 Å². The molecule has 0 unspecified atom stereocenters. The van der Waals surface area contributed by atoms with E-state index in [9.17, 15) is 29.1 Å². The maximum Gasteiger partial charge on any atom is 0.326 e. The van der Waals surface area contributed by atoms with Crippen molar-refractivity contribution in [1.29, 1.82) is 0 Å². The highest BCUT2D eigenvalue weighted by molar-refractivity contribution is 6.74. The minimum atomic E-state index is -2.04. The summed E-state index contributed by atoms with van der Waals surface area (Å²) in [4.78, 5) is 66.6. The number of nitrogens with one attached hydrogen (secondary N) is 2. The molecular weight excluding hydrogens is 629 g/mol. The van der Waals surface area contributed by atoms with E-state index >= 15 is 0 Å². The summed E-state index contributed by atoms with van der Waals surface area (Å²) in [5.41, 5.74) is 5.68. The summed E-state index contributed by atoms with van der Waals surface area (Å²) in [6, 6.07) is 6.38. The van der Waals surface area contributed by atoms with Crippen LogP contribution in [0.4, 0.5) is 0 Å². The molecule has 1 aliphatic heterocycles. The predicted molar refractivity (Wildman–Crippen MR) is 190 cm³/mol. The van der Waals surface area contributed by atoms with Crippen LogP contribution >= 0.6 is 0 Å². The Morgan fingerprint density at radius 2 is 1.69 bits per heavy atom. The highest BCUT2D eigenvalue weighted by atomic mass is 28.4. The van der Waals surface area contributed by atoms with Crippen LogP contribution in [0.15, 0.2) is 30.3 Å². The number of rotatable bonds is 18. The van der Waals surface area contributed by atoms with Crippen LogP contribution < -0.4 is 16.4 Å². The summed E-state index contributed by atoms with van der Waals surface area (Å²) in [6.07, 6.45) is 4.54. The van der Waals surface area contributed by atoms with E-state index in [4.69, 9.17) is 10.2 Å². The van der Waals surface area contributed by atoms with Gasteiger partial charge >= 0.3 is 5.97 Å². The van der Waals surface area contributed by atoms with Gasteiger partial charge in [0.25, 0.3) is 0 Å². The number of carboxylic acid groups (broad SMARTS) is 1. The van der Waals surface area contributed by atoms with Gasteiger partial charge in [0.05, 0.1) is 6.04 Å². The molecule has 5 atom stereocenters. The number of Topliss-reactive ketones (excluding diaryl/α,β-unsaturated/α-hetero) is 1. The molecule has 1 saturated heterocycles. The van der Waals surface area contributed by atoms with Crippen molar-refractivity contribution in [1.82, 2.24) is 15.5 Å². The molecule has 1 aromatic rings. The monoisotopic (exact) mass is 688 g/mol. The zero-order chi connectivity index (χ0) is 36.3. The number of benzene rings is 1. The van der Waals surface area contributed by atoms with Crippen LogP contribution in [-0.4, -0.2) is 84.1 Å². The third kappa shape index (κ3) is 11.8. The molecule has 0 saturated carbocycles. The van der Waals surface area contributed by atoms with E-state index < -0.39 is 61.8 Å². The number of hydrogen-bond acceptors (Lipinski definition) is 7. The average Bonchev–Trinajstić information content (AvgIpc) is 3.03. The summed E-state index contributed by atoms with van der Waals surface area (Å²) < 4.78 is 6.22. The summed E-state index contributed by atoms with van der Waals surface area (Å²) in [7, 11) is -2.04. The number of likely N-dealkylation sites (tertiary alicyclic amines) is 1. The number of nitrogens with zero attached hydrogens (tertiary/aromatic N) is 1. The van der Waals surface area contributed by atoms with E-state index in [-0.39, 0.29) is 23.7 Å². The van der Waals surface area contributed by atoms with Crippen molar-refractivity contribution in [2.45, 2.75) is 154 Å². The van der Waals surface area contributed by atoms with Gasteiger partial charge in [0, 0.05) is 19.4 Å². The minimum absolute atomic E-state index is 0.0206. The minimum Gasteiger partial charge on any atom is -0.480 e. The molecule has 270 valence electrons. The van der Waals surface area contributed by atoms with Gasteiger partial charge in [0.2, 0.25) is 17.7 Å². The molecule has 1 fully saturated rings. The highest BCUT2D eigenvalue weighted by Gasteiger charge is 2.41. The molecule has 1 aromatic carbocycles. The topological polar surface area (TPSA) is 168 Å². The Kier molecular flexibility index (Phi) is 15.5. The van der Waals surface area contributed by atoms with Crippen LogP contribution in [0.5, 0.6) is 0 Å². The quantitative estimate of drug-likeness (QED) is 0.127. The van der Waals surface area contributed by atoms with Crippen molar-refractivity contribution in [3.63, 3.8) is 0 Å². The van der Waals surface area contributed by atoms with Crippen LogP contribution in [0.2, 0.25) is 18.1 Å². The zero-order valence-electron chi connectivity index (χ0n) is 30.4. The molecule has 1 heterocycles. The van der Waals surface area contributed by atoms with Gasteiger partial charge in [-0.1, -0.05) is 70.9 Å². The number of aliphatic carboxylic acids is 1. The standard InChI is InChI=1S/C36H60N4O7Si/c1-9-36(6,39-31(42)27(37)20-14-11-15-22-30(41)25(2)47-48(7,8)35(3,4)5)34(46)38-28(24-26-18-12-10-13-19-26)32(43)40-23-17-16-21-29(40)33(44)45/h10,12-13,18-19,25,27-29H,9,11,14-17,20-24,37H2,1-8H3,(H,38,46)(H,39,42)(H,44,45)/t25-,27+,28+,29-,36+/m1/s1. The predicted octanol–water partition coefficient (Wildman–Crippen LogP) is 4.72. The number of amides is 3. The summed E-state index contributed by atoms with van der Waals surface area (Å²) in [5, 5.41) is 15.4. The lowest BCUT2D eigenvalue weighted by atomic mass is 9.94. The Balaban J connectivity index is 1.98. The second-order valence-electron chi connectivity index (χ2n) is 15.0. The van der Waals surface area contributed by atoms with E-state index in [1.165, 1.54) is 4.90 Å². The van der Waals surface area contributed by atoms with E-state index in [2.05, 4.69) is 44.5 Å². The molecule has 5 N–H and O–H groups in total. The second-order valence-corrected chi connectivity index (χ2v) is 19.7. The molecule has 2 rings (SSSR count). The molecule has 12 heteroatoms. The SMILES string of the molecule is CC[C@](C)(NC(=O)[C@@H](N)CCCCCC(=O)[C@@H](C)O[Si](C)(C)C(C)(C)C)C(=O)N[C@@H](Cc1ccccc1)C(=O)N1CCCC[C@@H]1C(=O)O. The van der Waals surface area contributed by atoms with Gasteiger partial charge in [-0.05, 0) is 76.1 Å². The van der Waals surface area contributed by atoms with E-state index in [1.807, 2.05) is 37.3 Å². The number of carboxylic acids is 1. The van der Waals surface area contributed by atoms with Crippen molar-refractivity contribution in [2.75, 3.05) is 6.54 Å². The second kappa shape index (κ2) is 18.1. The lowest BCUT2D eigenvalue weighted by molar-refractivity contribution is -0.153. The molecule has 48 heavy (non-hydrogen) atoms. The smallest absolute Gasteiger partial charge is 0.326 e. The van der Waals surface area contributed by atoms with Crippen molar-refractivity contribution in [3.8, 4) is 0 Å². The van der Waals surface area contributed by atoms with Crippen LogP contribution in [0.3, 0.4) is 0 Å². The first-order chi connectivity index (χ1) is 22.3. The number of hydrogen-bond donors (Lipinski definition) is 4. The van der Waals surface area contributed by atoms with Crippen molar-refractivity contribution in [3.05, 3.63) is 35.9 Å². The zero-order valence-corrected chi connectivity index (χ0v) is 31.4. The van der Waals surface area contributed by atoms with Gasteiger partial charge in [0.1, 0.15) is 23.7 Å². The lowest BCUT2D eigenvalue weighted by Crippen LogP contribution is -2.63. The van der Waals surface area contributed by atoms with Gasteiger partial charge in [-0.15, -0.1) is 0 Å². The third-order valence-electron chi connectivity index (χ3n) is 10.1. The Bertz CT molecular complexity index is 1250. The van der Waals surface area contributed by atoms with Crippen molar-refractivity contribution in [2.24, 2.45) is 5.73 Å².